The third-order valence-electron chi connectivity index (χ3n) is 3.76. The number of amides is 1. The van der Waals surface area contributed by atoms with Crippen molar-refractivity contribution in [3.8, 4) is 17.6 Å². The van der Waals surface area contributed by atoms with Crippen LogP contribution in [-0.2, 0) is 4.79 Å². The molecule has 142 valence electrons. The maximum absolute atomic E-state index is 12.3. The van der Waals surface area contributed by atoms with Gasteiger partial charge in [0.05, 0.1) is 12.7 Å². The first-order valence-corrected chi connectivity index (χ1v) is 8.46. The Hall–Kier alpha value is -3.85. The number of nitriles is 1. The fraction of sp³-hybridized carbons (Fsp3) is 0.136. The Balaban J connectivity index is 2.23. The fourth-order valence-electron chi connectivity index (χ4n) is 2.28. The highest BCUT2D eigenvalue weighted by Crippen LogP contribution is 2.29. The van der Waals surface area contributed by atoms with Gasteiger partial charge in [-0.3, -0.25) is 4.79 Å². The van der Waals surface area contributed by atoms with Crippen LogP contribution in [0.25, 0.3) is 6.08 Å². The molecule has 0 fully saturated rings. The van der Waals surface area contributed by atoms with Crippen molar-refractivity contribution >= 4 is 18.0 Å². The molecule has 28 heavy (non-hydrogen) atoms. The fourth-order valence-corrected chi connectivity index (χ4v) is 2.28. The minimum absolute atomic E-state index is 0.0618. The first-order chi connectivity index (χ1) is 13.5. The van der Waals surface area contributed by atoms with Crippen LogP contribution < -0.4 is 14.8 Å². The largest absolute Gasteiger partial charge is 0.493 e. The van der Waals surface area contributed by atoms with Crippen LogP contribution in [-0.4, -0.2) is 25.5 Å². The molecule has 0 saturated carbocycles. The van der Waals surface area contributed by atoms with E-state index >= 15 is 0 Å². The Morgan fingerprint density at radius 1 is 1.18 bits per heavy atom. The molecular weight excluding hydrogens is 356 g/mol. The first kappa shape index (κ1) is 20.5. The Kier molecular flexibility index (Phi) is 7.12. The van der Waals surface area contributed by atoms with Crippen molar-refractivity contribution in [2.24, 2.45) is 0 Å². The SMILES string of the molecule is C=CCNC(=O)C(C#N)=Cc1ccc(OC(=O)c2ccc(C)cc2)c(OC)c1. The van der Waals surface area contributed by atoms with Gasteiger partial charge in [0.1, 0.15) is 11.6 Å². The van der Waals surface area contributed by atoms with E-state index in [1.54, 1.807) is 30.3 Å². The van der Waals surface area contributed by atoms with Crippen molar-refractivity contribution < 1.29 is 19.1 Å². The summed E-state index contributed by atoms with van der Waals surface area (Å²) in [5, 5.41) is 11.7. The van der Waals surface area contributed by atoms with Gasteiger partial charge in [-0.05, 0) is 42.8 Å². The third-order valence-corrected chi connectivity index (χ3v) is 3.76. The van der Waals surface area contributed by atoms with Gasteiger partial charge in [-0.25, -0.2) is 4.79 Å². The summed E-state index contributed by atoms with van der Waals surface area (Å²) in [5.41, 5.74) is 1.95. The Morgan fingerprint density at radius 3 is 2.50 bits per heavy atom. The molecule has 0 atom stereocenters. The van der Waals surface area contributed by atoms with Gasteiger partial charge in [0.2, 0.25) is 0 Å². The molecule has 0 aliphatic heterocycles. The van der Waals surface area contributed by atoms with Crippen molar-refractivity contribution in [2.45, 2.75) is 6.92 Å². The summed E-state index contributed by atoms with van der Waals surface area (Å²) in [6, 6.07) is 13.6. The summed E-state index contributed by atoms with van der Waals surface area (Å²) in [6.07, 6.45) is 2.94. The van der Waals surface area contributed by atoms with Gasteiger partial charge < -0.3 is 14.8 Å². The van der Waals surface area contributed by atoms with Crippen LogP contribution in [0.2, 0.25) is 0 Å². The normalized spacial score (nSPS) is 10.5. The van der Waals surface area contributed by atoms with Crippen LogP contribution in [0.3, 0.4) is 0 Å². The predicted molar refractivity (Wildman–Crippen MR) is 106 cm³/mol. The van der Waals surface area contributed by atoms with Crippen molar-refractivity contribution in [3.63, 3.8) is 0 Å². The second-order valence-corrected chi connectivity index (χ2v) is 5.83. The van der Waals surface area contributed by atoms with Crippen LogP contribution in [0.4, 0.5) is 0 Å². The highest BCUT2D eigenvalue weighted by molar-refractivity contribution is 6.01. The van der Waals surface area contributed by atoms with E-state index in [2.05, 4.69) is 11.9 Å². The monoisotopic (exact) mass is 376 g/mol. The van der Waals surface area contributed by atoms with E-state index in [0.29, 0.717) is 16.9 Å². The van der Waals surface area contributed by atoms with Gasteiger partial charge in [-0.2, -0.15) is 5.26 Å². The van der Waals surface area contributed by atoms with E-state index in [9.17, 15) is 14.9 Å². The molecule has 2 aromatic rings. The van der Waals surface area contributed by atoms with Gasteiger partial charge in [0, 0.05) is 6.54 Å². The second-order valence-electron chi connectivity index (χ2n) is 5.83. The summed E-state index contributed by atoms with van der Waals surface area (Å²) in [4.78, 5) is 24.2. The Bertz CT molecular complexity index is 953. The van der Waals surface area contributed by atoms with E-state index in [1.165, 1.54) is 19.3 Å². The molecule has 0 unspecified atom stereocenters. The molecule has 1 amide bonds. The van der Waals surface area contributed by atoms with E-state index in [-0.39, 0.29) is 17.9 Å². The molecular formula is C22H20N2O4. The van der Waals surface area contributed by atoms with Crippen LogP contribution in [0.5, 0.6) is 11.5 Å². The molecule has 2 rings (SSSR count). The molecule has 0 saturated heterocycles. The number of rotatable bonds is 7. The van der Waals surface area contributed by atoms with Crippen molar-refractivity contribution in [2.75, 3.05) is 13.7 Å². The molecule has 2 aromatic carbocycles. The lowest BCUT2D eigenvalue weighted by Gasteiger charge is -2.10. The van der Waals surface area contributed by atoms with Crippen molar-refractivity contribution in [3.05, 3.63) is 77.4 Å². The zero-order valence-electron chi connectivity index (χ0n) is 15.7. The topological polar surface area (TPSA) is 88.4 Å². The van der Waals surface area contributed by atoms with Gasteiger partial charge in [-0.15, -0.1) is 6.58 Å². The van der Waals surface area contributed by atoms with Crippen LogP contribution >= 0.6 is 0 Å². The number of ether oxygens (including phenoxy) is 2. The quantitative estimate of drug-likeness (QED) is 0.263. The summed E-state index contributed by atoms with van der Waals surface area (Å²) in [6.45, 7) is 5.70. The van der Waals surface area contributed by atoms with E-state index < -0.39 is 11.9 Å². The highest BCUT2D eigenvalue weighted by atomic mass is 16.6. The molecule has 0 aliphatic carbocycles. The number of carbonyl (C=O) groups is 2. The summed E-state index contributed by atoms with van der Waals surface area (Å²) < 4.78 is 10.7. The lowest BCUT2D eigenvalue weighted by atomic mass is 10.1. The standard InChI is InChI=1S/C22H20N2O4/c1-4-11-24-21(25)18(14-23)12-16-7-10-19(20(13-16)27-3)28-22(26)17-8-5-15(2)6-9-17/h4-10,12-13H,1,11H2,2-3H3,(H,24,25). The van der Waals surface area contributed by atoms with Gasteiger partial charge >= 0.3 is 5.97 Å². The number of nitrogens with one attached hydrogen (secondary N) is 1. The van der Waals surface area contributed by atoms with Crippen molar-refractivity contribution in [1.82, 2.24) is 5.32 Å². The summed E-state index contributed by atoms with van der Waals surface area (Å²) in [7, 11) is 1.44. The molecule has 0 heterocycles. The number of hydrogen-bond donors (Lipinski definition) is 1. The van der Waals surface area contributed by atoms with E-state index in [0.717, 1.165) is 5.56 Å². The molecule has 0 spiro atoms. The lowest BCUT2D eigenvalue weighted by molar-refractivity contribution is -0.116. The molecule has 0 radical (unpaired) electrons. The van der Waals surface area contributed by atoms with Crippen LogP contribution in [0.1, 0.15) is 21.5 Å². The van der Waals surface area contributed by atoms with Gasteiger partial charge in [0.15, 0.2) is 11.5 Å². The molecule has 6 nitrogen and oxygen atoms in total. The first-order valence-electron chi connectivity index (χ1n) is 8.46. The van der Waals surface area contributed by atoms with E-state index in [1.807, 2.05) is 25.1 Å². The highest BCUT2D eigenvalue weighted by Gasteiger charge is 2.14. The number of methoxy groups -OCH3 is 1. The molecule has 0 bridgehead atoms. The smallest absolute Gasteiger partial charge is 0.343 e. The van der Waals surface area contributed by atoms with Crippen LogP contribution in [0, 0.1) is 18.3 Å². The average molecular weight is 376 g/mol. The van der Waals surface area contributed by atoms with Crippen molar-refractivity contribution in [1.29, 1.82) is 5.26 Å². The number of hydrogen-bond acceptors (Lipinski definition) is 5. The molecule has 0 aromatic heterocycles. The van der Waals surface area contributed by atoms with Crippen LogP contribution in [0.15, 0.2) is 60.7 Å². The summed E-state index contributed by atoms with van der Waals surface area (Å²) in [5.74, 6) is -0.475. The number of nitrogens with zero attached hydrogens (tertiary/aromatic N) is 1. The molecule has 6 heteroatoms. The van der Waals surface area contributed by atoms with E-state index in [4.69, 9.17) is 9.47 Å². The Labute approximate surface area is 163 Å². The second kappa shape index (κ2) is 9.74. The number of esters is 1. The third kappa shape index (κ3) is 5.32. The number of aryl methyl sites for hydroxylation is 1. The number of carbonyl (C=O) groups excluding carboxylic acids is 2. The zero-order valence-corrected chi connectivity index (χ0v) is 15.7. The molecule has 0 aliphatic rings. The minimum Gasteiger partial charge on any atom is -0.493 e. The van der Waals surface area contributed by atoms with Gasteiger partial charge in [0.25, 0.3) is 5.91 Å². The minimum atomic E-state index is -0.511. The zero-order chi connectivity index (χ0) is 20.5. The summed E-state index contributed by atoms with van der Waals surface area (Å²) >= 11 is 0. The lowest BCUT2D eigenvalue weighted by Crippen LogP contribution is -2.24. The maximum Gasteiger partial charge on any atom is 0.343 e. The maximum atomic E-state index is 12.3. The average Bonchev–Trinajstić information content (AvgIpc) is 2.71. The van der Waals surface area contributed by atoms with Gasteiger partial charge in [-0.1, -0.05) is 29.8 Å². The molecule has 1 N–H and O–H groups in total. The predicted octanol–water partition coefficient (Wildman–Crippen LogP) is 3.43. The Morgan fingerprint density at radius 2 is 1.89 bits per heavy atom. The number of benzene rings is 2.